The summed E-state index contributed by atoms with van der Waals surface area (Å²) in [5, 5.41) is 3.50. The van der Waals surface area contributed by atoms with Gasteiger partial charge < -0.3 is 0 Å². The zero-order valence-corrected chi connectivity index (χ0v) is 34.2. The second kappa shape index (κ2) is 15.1. The molecule has 0 aliphatic rings. The van der Waals surface area contributed by atoms with Crippen molar-refractivity contribution in [2.45, 2.75) is 0 Å². The first kappa shape index (κ1) is 24.9. The van der Waals surface area contributed by atoms with Crippen LogP contribution in [0.15, 0.2) is 236 Å². The van der Waals surface area contributed by atoms with E-state index < -0.39 is 92.7 Å². The van der Waals surface area contributed by atoms with Crippen LogP contribution in [0.1, 0.15) is 19.2 Å². The fourth-order valence-corrected chi connectivity index (χ4v) is 13.1. The number of nitrogens with zero attached hydrogens (tertiary/aromatic N) is 5. The fourth-order valence-electron chi connectivity index (χ4n) is 8.88. The van der Waals surface area contributed by atoms with E-state index in [1.54, 1.807) is 42.5 Å². The topological polar surface area (TPSA) is 48.5 Å². The minimum Gasteiger partial charge on any atom is -0.278 e. The molecule has 0 saturated carbocycles. The summed E-state index contributed by atoms with van der Waals surface area (Å²) >= 11 is 0. The van der Waals surface area contributed by atoms with E-state index in [4.69, 9.17) is 25.9 Å². The highest BCUT2D eigenvalue weighted by molar-refractivity contribution is 7.20. The molecule has 0 fully saturated rings. The quantitative estimate of drug-likeness (QED) is 0.113. The second-order valence-corrected chi connectivity index (χ2v) is 18.6. The third-order valence-electron chi connectivity index (χ3n) is 11.6. The van der Waals surface area contributed by atoms with Crippen LogP contribution in [0.4, 0.5) is 0 Å². The van der Waals surface area contributed by atoms with Crippen molar-refractivity contribution in [3.05, 3.63) is 236 Å². The lowest BCUT2D eigenvalue weighted by atomic mass is 10.1. The number of fused-ring (bicyclic) bond motifs is 6. The molecule has 1 unspecified atom stereocenters. The van der Waals surface area contributed by atoms with E-state index in [2.05, 4.69) is 0 Å². The summed E-state index contributed by atoms with van der Waals surface area (Å²) in [5.74, 6) is -0.0485. The minimum atomic E-state index is -4.91. The summed E-state index contributed by atoms with van der Waals surface area (Å²) < 4.78 is 134. The Morgan fingerprint density at radius 3 is 1.37 bits per heavy atom. The Morgan fingerprint density at radius 2 is 0.810 bits per heavy atom. The van der Waals surface area contributed by atoms with Gasteiger partial charge in [-0.1, -0.05) is 212 Å². The molecule has 9 aromatic carbocycles. The normalized spacial score (nSPS) is 15.7. The molecule has 0 amide bonds. The van der Waals surface area contributed by atoms with Crippen LogP contribution in [-0.4, -0.2) is 32.2 Å². The Bertz CT molecular complexity index is 4190. The lowest BCUT2D eigenvalue weighted by Crippen LogP contribution is -2.74. The summed E-state index contributed by atoms with van der Waals surface area (Å²) in [4.78, 5) is 15.5. The van der Waals surface area contributed by atoms with Crippen molar-refractivity contribution in [1.29, 1.82) is 0 Å². The van der Waals surface area contributed by atoms with Crippen molar-refractivity contribution in [1.82, 2.24) is 24.1 Å². The zero-order chi connectivity index (χ0) is 53.9. The molecule has 63 heavy (non-hydrogen) atoms. The van der Waals surface area contributed by atoms with Crippen LogP contribution in [-0.2, 0) is 0 Å². The van der Waals surface area contributed by atoms with Gasteiger partial charge in [0.25, 0.3) is 0 Å². The average molecular weight is 836 g/mol. The third kappa shape index (κ3) is 5.95. The van der Waals surface area contributed by atoms with Crippen LogP contribution in [0.5, 0.6) is 0 Å². The first-order valence-corrected chi connectivity index (χ1v) is 22.2. The van der Waals surface area contributed by atoms with Crippen molar-refractivity contribution in [3.63, 3.8) is 0 Å². The van der Waals surface area contributed by atoms with Gasteiger partial charge in [0, 0.05) is 27.1 Å². The summed E-state index contributed by atoms with van der Waals surface area (Å²) in [7, 11) is -4.91. The van der Waals surface area contributed by atoms with Gasteiger partial charge in [-0.15, -0.1) is 0 Å². The molecule has 3 aromatic heterocycles. The molecule has 0 N–H and O–H groups in total. The highest BCUT2D eigenvalue weighted by atomic mass is 28.3. The van der Waals surface area contributed by atoms with Crippen LogP contribution in [0.2, 0.25) is 0 Å². The molecule has 0 saturated heterocycles. The van der Waals surface area contributed by atoms with Gasteiger partial charge in [0.2, 0.25) is 11.9 Å². The zero-order valence-electron chi connectivity index (χ0n) is 47.2. The summed E-state index contributed by atoms with van der Waals surface area (Å²) in [6.07, 6.45) is 0. The maximum Gasteiger partial charge on any atom is 0.240 e. The number of rotatable bonds is 8. The van der Waals surface area contributed by atoms with Crippen molar-refractivity contribution < 1.29 is 19.2 Å². The number of aromatic nitrogens is 5. The molecule has 5 nitrogen and oxygen atoms in total. The van der Waals surface area contributed by atoms with Crippen LogP contribution < -0.4 is 20.7 Å². The van der Waals surface area contributed by atoms with Gasteiger partial charge in [0.05, 0.1) is 41.3 Å². The van der Waals surface area contributed by atoms with Crippen LogP contribution in [0.25, 0.3) is 78.0 Å². The van der Waals surface area contributed by atoms with Gasteiger partial charge in [-0.05, 0) is 56.1 Å². The Labute approximate surface area is 385 Å². The van der Waals surface area contributed by atoms with E-state index >= 15 is 0 Å². The van der Waals surface area contributed by atoms with Crippen LogP contribution in [0.3, 0.4) is 0 Å². The number of para-hydroxylation sites is 4. The van der Waals surface area contributed by atoms with Gasteiger partial charge in [0.1, 0.15) is 0 Å². The molecule has 0 spiro atoms. The van der Waals surface area contributed by atoms with Gasteiger partial charge in [-0.3, -0.25) is 9.13 Å². The average Bonchev–Trinajstić information content (AvgIpc) is 3.98. The van der Waals surface area contributed by atoms with Gasteiger partial charge >= 0.3 is 0 Å². The van der Waals surface area contributed by atoms with E-state index in [-0.39, 0.29) is 50.0 Å². The van der Waals surface area contributed by atoms with Gasteiger partial charge in [-0.2, -0.15) is 15.0 Å². The summed E-state index contributed by atoms with van der Waals surface area (Å²) in [5.41, 5.74) is 2.53. The first-order chi connectivity index (χ1) is 37.1. The minimum absolute atomic E-state index is 0.0922. The largest absolute Gasteiger partial charge is 0.278 e. The highest BCUT2D eigenvalue weighted by Crippen LogP contribution is 2.34. The molecule has 12 aromatic rings. The monoisotopic (exact) mass is 835 g/mol. The Balaban J connectivity index is 1.26. The molecule has 3 heterocycles. The molecule has 0 aliphatic carbocycles. The van der Waals surface area contributed by atoms with Crippen molar-refractivity contribution >= 4 is 72.4 Å². The summed E-state index contributed by atoms with van der Waals surface area (Å²) in [6.45, 7) is 0. The molecule has 1 atom stereocenters. The number of benzene rings is 9. The summed E-state index contributed by atoms with van der Waals surface area (Å²) in [6, 6.07) is 36.8. The maximum atomic E-state index is 10.7. The van der Waals surface area contributed by atoms with Gasteiger partial charge in [-0.25, -0.2) is 0 Å². The second-order valence-electron chi connectivity index (χ2n) is 14.9. The van der Waals surface area contributed by atoms with Crippen molar-refractivity contribution in [2.75, 3.05) is 0 Å². The van der Waals surface area contributed by atoms with E-state index in [0.29, 0.717) is 5.19 Å². The lowest BCUT2D eigenvalue weighted by molar-refractivity contribution is 0.893. The number of hydrogen-bond donors (Lipinski definition) is 0. The molecule has 12 rings (SSSR count). The number of hydrogen-bond acceptors (Lipinski definition) is 3. The molecule has 0 radical (unpaired) electrons. The van der Waals surface area contributed by atoms with Crippen LogP contribution in [0, 0.1) is 0 Å². The Hall–Kier alpha value is -8.19. The first-order valence-electron chi connectivity index (χ1n) is 27.2. The molecular formula is C57H39N5Si. The predicted octanol–water partition coefficient (Wildman–Crippen LogP) is 10.8. The standard InChI is InChI=1S/C57H39N5Si/c1-4-20-40(21-5-1)41-22-18-28-45(38-41)63(43-24-6-2-7-25-43,44-26-8-3-9-27-44)46-29-19-23-42(39-46)55-58-56(61-51-34-14-10-30-47(51)48-31-11-15-35-52(48)61)60-57(59-55)62-53-36-16-12-32-49(53)50-33-13-17-37-54(50)62/h1-39H/i1D,2D,4D,5D,6D,7D,19D,20D,21D,23D,24D,25D,29D,39D. The Morgan fingerprint density at radius 1 is 0.349 bits per heavy atom. The fraction of sp³-hybridized carbons (Fsp3) is 0. The Kier molecular flexibility index (Phi) is 5.96. The lowest BCUT2D eigenvalue weighted by Gasteiger charge is -2.35. The SMILES string of the molecule is [2H]c1c([2H])c([2H])c(-c2cccc([Si](c3ccccc3)(c3c([2H])c([2H])c([2H])c([2H])c3[2H])c3c([2H])c([2H])c([2H])c(-c4nc(-n5c6ccccc6c6ccccc65)nc(-n5c6ccccc6c6ccccc65)n4)c3[2H])c2)c([2H])c1[2H]. The van der Waals surface area contributed by atoms with E-state index in [0.717, 1.165) is 43.6 Å². The van der Waals surface area contributed by atoms with Gasteiger partial charge in [0.15, 0.2) is 13.9 Å². The van der Waals surface area contributed by atoms with Crippen molar-refractivity contribution in [3.8, 4) is 34.4 Å². The molecule has 0 bridgehead atoms. The molecule has 296 valence electrons. The molecular weight excluding hydrogens is 783 g/mol. The van der Waals surface area contributed by atoms with E-state index in [1.165, 1.54) is 12.1 Å². The van der Waals surface area contributed by atoms with Crippen molar-refractivity contribution in [2.24, 2.45) is 0 Å². The maximum absolute atomic E-state index is 10.7. The predicted molar refractivity (Wildman–Crippen MR) is 263 cm³/mol. The molecule has 6 heteroatoms. The molecule has 0 aliphatic heterocycles. The van der Waals surface area contributed by atoms with Crippen LogP contribution >= 0.6 is 0 Å². The van der Waals surface area contributed by atoms with E-state index in [1.807, 2.05) is 106 Å². The smallest absolute Gasteiger partial charge is 0.240 e. The third-order valence-corrected chi connectivity index (χ3v) is 15.9. The van der Waals surface area contributed by atoms with E-state index in [9.17, 15) is 8.22 Å². The highest BCUT2D eigenvalue weighted by Gasteiger charge is 2.42.